The molecule has 4 aliphatic rings. The van der Waals surface area contributed by atoms with Crippen molar-refractivity contribution in [3.05, 3.63) is 0 Å². The maximum atomic E-state index is 11.2. The Bertz CT molecular complexity index is 211. The fraction of sp³-hybridized carbons (Fsp3) is 0.875. The molecule has 0 aromatic carbocycles. The maximum absolute atomic E-state index is 11.2. The van der Waals surface area contributed by atoms with Crippen molar-refractivity contribution < 1.29 is 9.90 Å². The Morgan fingerprint density at radius 3 is 2.60 bits per heavy atom. The Balaban J connectivity index is 2.02. The van der Waals surface area contributed by atoms with Crippen LogP contribution in [0.25, 0.3) is 0 Å². The summed E-state index contributed by atoms with van der Waals surface area (Å²) in [5.74, 6) is 2.82. The third-order valence-corrected chi connectivity index (χ3v) is 3.67. The number of ketones is 1. The van der Waals surface area contributed by atoms with Crippen LogP contribution in [0, 0.1) is 29.6 Å². The highest BCUT2D eigenvalue weighted by Crippen LogP contribution is 2.70. The molecule has 0 saturated heterocycles. The Hall–Kier alpha value is -0.370. The molecular formula is C8H10O2. The number of Topliss-reactive ketones (excluding diaryl/α,β-unsaturated/α-hetero) is 1. The van der Waals surface area contributed by atoms with E-state index >= 15 is 0 Å². The fourth-order valence-corrected chi connectivity index (χ4v) is 3.25. The summed E-state index contributed by atoms with van der Waals surface area (Å²) in [6, 6.07) is 0. The molecule has 4 rings (SSSR count). The molecule has 2 heteroatoms. The first-order chi connectivity index (χ1) is 4.84. The summed E-state index contributed by atoms with van der Waals surface area (Å²) in [5.41, 5.74) is 0. The molecule has 0 heterocycles. The summed E-state index contributed by atoms with van der Waals surface area (Å²) < 4.78 is 0. The van der Waals surface area contributed by atoms with Crippen LogP contribution in [0.4, 0.5) is 0 Å². The Morgan fingerprint density at radius 1 is 1.60 bits per heavy atom. The second-order valence-corrected chi connectivity index (χ2v) is 3.86. The number of hydrogen-bond donors (Lipinski definition) is 1. The van der Waals surface area contributed by atoms with Gasteiger partial charge in [0.1, 0.15) is 5.78 Å². The predicted molar refractivity (Wildman–Crippen MR) is 34.2 cm³/mol. The normalized spacial score (nSPS) is 61.7. The molecule has 0 unspecified atom stereocenters. The molecule has 4 fully saturated rings. The van der Waals surface area contributed by atoms with Gasteiger partial charge in [-0.2, -0.15) is 0 Å². The van der Waals surface area contributed by atoms with Crippen molar-refractivity contribution in [2.24, 2.45) is 29.6 Å². The minimum absolute atomic E-state index is 0.244. The molecule has 0 spiro atoms. The molecule has 0 amide bonds. The molecule has 2 nitrogen and oxygen atoms in total. The predicted octanol–water partition coefficient (Wildman–Crippen LogP) is 0.0597. The van der Waals surface area contributed by atoms with Gasteiger partial charge in [0.25, 0.3) is 0 Å². The van der Waals surface area contributed by atoms with Gasteiger partial charge in [0, 0.05) is 18.4 Å². The molecule has 0 radical (unpaired) electrons. The van der Waals surface area contributed by atoms with Gasteiger partial charge in [0.2, 0.25) is 0 Å². The van der Waals surface area contributed by atoms with E-state index < -0.39 is 0 Å². The van der Waals surface area contributed by atoms with E-state index in [1.165, 1.54) is 0 Å². The maximum Gasteiger partial charge on any atom is 0.140 e. The average molecular weight is 138 g/mol. The van der Waals surface area contributed by atoms with E-state index in [-0.39, 0.29) is 12.5 Å². The molecule has 4 saturated carbocycles. The van der Waals surface area contributed by atoms with Crippen molar-refractivity contribution in [1.29, 1.82) is 0 Å². The van der Waals surface area contributed by atoms with Crippen LogP contribution >= 0.6 is 0 Å². The summed E-state index contributed by atoms with van der Waals surface area (Å²) in [5, 5.41) is 8.93. The minimum Gasteiger partial charge on any atom is -0.396 e. The Labute approximate surface area is 59.2 Å². The van der Waals surface area contributed by atoms with Crippen LogP contribution in [0.1, 0.15) is 6.42 Å². The first-order valence-electron chi connectivity index (χ1n) is 3.99. The van der Waals surface area contributed by atoms with E-state index in [1.807, 2.05) is 0 Å². The zero-order valence-electron chi connectivity index (χ0n) is 5.66. The lowest BCUT2D eigenvalue weighted by Gasteiger charge is -2.07. The van der Waals surface area contributed by atoms with Gasteiger partial charge in [0.15, 0.2) is 0 Å². The Morgan fingerprint density at radius 2 is 2.40 bits per heavy atom. The van der Waals surface area contributed by atoms with Gasteiger partial charge in [-0.15, -0.1) is 0 Å². The van der Waals surface area contributed by atoms with Crippen LogP contribution < -0.4 is 0 Å². The zero-order chi connectivity index (χ0) is 6.88. The number of carbonyl (C=O) groups is 1. The molecule has 1 N–H and O–H groups in total. The Kier molecular flexibility index (Phi) is 0.691. The summed E-state index contributed by atoms with van der Waals surface area (Å²) in [4.78, 5) is 11.2. The third kappa shape index (κ3) is 0.335. The van der Waals surface area contributed by atoms with E-state index in [0.717, 1.165) is 6.42 Å². The molecule has 10 heavy (non-hydrogen) atoms. The molecule has 0 aliphatic heterocycles. The van der Waals surface area contributed by atoms with Gasteiger partial charge in [-0.05, 0) is 24.2 Å². The van der Waals surface area contributed by atoms with E-state index in [0.29, 0.717) is 29.5 Å². The first-order valence-corrected chi connectivity index (χ1v) is 3.99. The van der Waals surface area contributed by atoms with Crippen LogP contribution in [0.2, 0.25) is 0 Å². The second-order valence-electron chi connectivity index (χ2n) is 3.86. The summed E-state index contributed by atoms with van der Waals surface area (Å²) >= 11 is 0. The van der Waals surface area contributed by atoms with Crippen molar-refractivity contribution in [2.75, 3.05) is 6.61 Å². The topological polar surface area (TPSA) is 37.3 Å². The number of aliphatic hydroxyl groups excluding tert-OH is 1. The van der Waals surface area contributed by atoms with Gasteiger partial charge in [-0.3, -0.25) is 4.79 Å². The van der Waals surface area contributed by atoms with Crippen LogP contribution in [0.15, 0.2) is 0 Å². The van der Waals surface area contributed by atoms with Crippen LogP contribution in [0.5, 0.6) is 0 Å². The number of rotatable bonds is 1. The van der Waals surface area contributed by atoms with E-state index in [9.17, 15) is 4.79 Å². The average Bonchev–Trinajstić information content (AvgIpc) is 2.29. The van der Waals surface area contributed by atoms with Crippen molar-refractivity contribution >= 4 is 5.78 Å². The third-order valence-electron chi connectivity index (χ3n) is 3.67. The minimum atomic E-state index is 0.244. The van der Waals surface area contributed by atoms with Crippen molar-refractivity contribution in [3.8, 4) is 0 Å². The molecule has 4 aliphatic carbocycles. The van der Waals surface area contributed by atoms with E-state index in [1.54, 1.807) is 0 Å². The SMILES string of the molecule is O=C1[C@@H]2[C@@H]3C[C@H]1[C@H](CO)[C@@H]32. The van der Waals surface area contributed by atoms with Gasteiger partial charge in [-0.1, -0.05) is 0 Å². The van der Waals surface area contributed by atoms with Crippen molar-refractivity contribution in [2.45, 2.75) is 6.42 Å². The molecule has 0 aromatic heterocycles. The number of carbonyl (C=O) groups excluding carboxylic acids is 1. The first kappa shape index (κ1) is 5.30. The van der Waals surface area contributed by atoms with Crippen LogP contribution in [-0.4, -0.2) is 17.5 Å². The monoisotopic (exact) mass is 138 g/mol. The van der Waals surface area contributed by atoms with E-state index in [2.05, 4.69) is 0 Å². The zero-order valence-corrected chi connectivity index (χ0v) is 5.66. The van der Waals surface area contributed by atoms with Crippen LogP contribution in [-0.2, 0) is 4.79 Å². The quantitative estimate of drug-likeness (QED) is 0.556. The molecule has 5 atom stereocenters. The molecule has 0 aromatic rings. The molecule has 4 bridgehead atoms. The van der Waals surface area contributed by atoms with Gasteiger partial charge in [-0.25, -0.2) is 0 Å². The summed E-state index contributed by atoms with van der Waals surface area (Å²) in [7, 11) is 0. The fourth-order valence-electron chi connectivity index (χ4n) is 3.25. The van der Waals surface area contributed by atoms with Gasteiger partial charge < -0.3 is 5.11 Å². The second kappa shape index (κ2) is 1.30. The van der Waals surface area contributed by atoms with Gasteiger partial charge in [0.05, 0.1) is 0 Å². The highest BCUT2D eigenvalue weighted by atomic mass is 16.3. The lowest BCUT2D eigenvalue weighted by molar-refractivity contribution is -0.121. The highest BCUT2D eigenvalue weighted by molar-refractivity contribution is 5.93. The lowest BCUT2D eigenvalue weighted by Crippen LogP contribution is -2.14. The van der Waals surface area contributed by atoms with Gasteiger partial charge >= 0.3 is 0 Å². The molecule has 54 valence electrons. The largest absolute Gasteiger partial charge is 0.396 e. The van der Waals surface area contributed by atoms with E-state index in [4.69, 9.17) is 5.11 Å². The molecular weight excluding hydrogens is 128 g/mol. The van der Waals surface area contributed by atoms with Crippen molar-refractivity contribution in [1.82, 2.24) is 0 Å². The number of hydrogen-bond acceptors (Lipinski definition) is 2. The smallest absolute Gasteiger partial charge is 0.140 e. The lowest BCUT2D eigenvalue weighted by atomic mass is 9.99. The summed E-state index contributed by atoms with van der Waals surface area (Å²) in [6.07, 6.45) is 1.10. The van der Waals surface area contributed by atoms with Crippen molar-refractivity contribution in [3.63, 3.8) is 0 Å². The standard InChI is InChI=1S/C8H10O2/c9-2-5-3-1-4-6(5)7(4)8(3)10/h3-7,9H,1-2H2/t3-,4+,5-,6+,7+/m0/s1. The number of aliphatic hydroxyl groups is 1. The summed E-state index contributed by atoms with van der Waals surface area (Å²) in [6.45, 7) is 0.244. The highest BCUT2D eigenvalue weighted by Gasteiger charge is 2.73. The van der Waals surface area contributed by atoms with Crippen LogP contribution in [0.3, 0.4) is 0 Å².